The second-order valence-corrected chi connectivity index (χ2v) is 8.49. The average Bonchev–Trinajstić information content (AvgIpc) is 2.90. The Balaban J connectivity index is 1.47. The standard InChI is InChI=1S/C28H25FN4O2/c1-32(18-20-8-4-2-5-9-20)28-30-25-16-17-33(27(34)21-10-6-3-7-11-21)19-24(25)26(31-28)35-23-14-12-22(29)13-15-23/h2-15H,16-19H2,1H3. The van der Waals surface area contributed by atoms with E-state index >= 15 is 0 Å². The smallest absolute Gasteiger partial charge is 0.254 e. The summed E-state index contributed by atoms with van der Waals surface area (Å²) in [6, 6.07) is 25.1. The second kappa shape index (κ2) is 9.93. The largest absolute Gasteiger partial charge is 0.438 e. The Morgan fingerprint density at radius 1 is 0.971 bits per heavy atom. The third-order valence-corrected chi connectivity index (χ3v) is 5.95. The number of rotatable bonds is 6. The van der Waals surface area contributed by atoms with Gasteiger partial charge in [-0.25, -0.2) is 9.37 Å². The number of nitrogens with zero attached hydrogens (tertiary/aromatic N) is 4. The van der Waals surface area contributed by atoms with E-state index in [2.05, 4.69) is 12.1 Å². The lowest BCUT2D eigenvalue weighted by Gasteiger charge is -2.30. The second-order valence-electron chi connectivity index (χ2n) is 8.49. The summed E-state index contributed by atoms with van der Waals surface area (Å²) in [6.45, 7) is 1.52. The number of benzene rings is 3. The SMILES string of the molecule is CN(Cc1ccccc1)c1nc2c(c(Oc3ccc(F)cc3)n1)CN(C(=O)c1ccccc1)CC2. The highest BCUT2D eigenvalue weighted by Crippen LogP contribution is 2.32. The molecule has 0 fully saturated rings. The van der Waals surface area contributed by atoms with Crippen LogP contribution in [-0.4, -0.2) is 34.4 Å². The predicted octanol–water partition coefficient (Wildman–Crippen LogP) is 5.24. The van der Waals surface area contributed by atoms with Gasteiger partial charge in [0.15, 0.2) is 0 Å². The van der Waals surface area contributed by atoms with E-state index in [9.17, 15) is 9.18 Å². The lowest BCUT2D eigenvalue weighted by Crippen LogP contribution is -2.37. The van der Waals surface area contributed by atoms with Gasteiger partial charge in [-0.3, -0.25) is 4.79 Å². The van der Waals surface area contributed by atoms with Crippen LogP contribution in [0.25, 0.3) is 0 Å². The van der Waals surface area contributed by atoms with Crippen LogP contribution in [0.5, 0.6) is 11.6 Å². The molecule has 1 aliphatic rings. The van der Waals surface area contributed by atoms with Crippen molar-refractivity contribution < 1.29 is 13.9 Å². The highest BCUT2D eigenvalue weighted by atomic mass is 19.1. The summed E-state index contributed by atoms with van der Waals surface area (Å²) in [4.78, 5) is 26.4. The first-order chi connectivity index (χ1) is 17.1. The minimum Gasteiger partial charge on any atom is -0.438 e. The molecular weight excluding hydrogens is 443 g/mol. The van der Waals surface area contributed by atoms with E-state index in [-0.39, 0.29) is 11.7 Å². The van der Waals surface area contributed by atoms with Gasteiger partial charge in [0.2, 0.25) is 11.8 Å². The molecule has 176 valence electrons. The van der Waals surface area contributed by atoms with Gasteiger partial charge in [0.1, 0.15) is 11.6 Å². The zero-order chi connectivity index (χ0) is 24.2. The van der Waals surface area contributed by atoms with Crippen LogP contribution >= 0.6 is 0 Å². The van der Waals surface area contributed by atoms with Crippen LogP contribution in [0, 0.1) is 5.82 Å². The number of ether oxygens (including phenoxy) is 1. The summed E-state index contributed by atoms with van der Waals surface area (Å²) < 4.78 is 19.6. The van der Waals surface area contributed by atoms with Gasteiger partial charge in [-0.15, -0.1) is 0 Å². The summed E-state index contributed by atoms with van der Waals surface area (Å²) in [5.74, 6) is 0.990. The first-order valence-corrected chi connectivity index (χ1v) is 11.5. The van der Waals surface area contributed by atoms with Crippen LogP contribution in [0.4, 0.5) is 10.3 Å². The lowest BCUT2D eigenvalue weighted by atomic mass is 10.1. The fourth-order valence-electron chi connectivity index (χ4n) is 4.11. The Kier molecular flexibility index (Phi) is 6.39. The van der Waals surface area contributed by atoms with Crippen LogP contribution in [0.15, 0.2) is 84.9 Å². The summed E-state index contributed by atoms with van der Waals surface area (Å²) in [6.07, 6.45) is 0.586. The van der Waals surface area contributed by atoms with Gasteiger partial charge in [-0.05, 0) is 42.0 Å². The summed E-state index contributed by atoms with van der Waals surface area (Å²) in [7, 11) is 1.93. The van der Waals surface area contributed by atoms with Crippen molar-refractivity contribution in [2.45, 2.75) is 19.5 Å². The molecule has 0 unspecified atom stereocenters. The van der Waals surface area contributed by atoms with Crippen LogP contribution < -0.4 is 9.64 Å². The molecule has 0 aliphatic carbocycles. The Labute approximate surface area is 203 Å². The number of aromatic nitrogens is 2. The van der Waals surface area contributed by atoms with Crippen molar-refractivity contribution in [2.75, 3.05) is 18.5 Å². The molecule has 0 radical (unpaired) electrons. The van der Waals surface area contributed by atoms with Gasteiger partial charge in [0, 0.05) is 32.1 Å². The molecule has 0 atom stereocenters. The van der Waals surface area contributed by atoms with Crippen molar-refractivity contribution >= 4 is 11.9 Å². The highest BCUT2D eigenvalue weighted by Gasteiger charge is 2.28. The van der Waals surface area contributed by atoms with Crippen LogP contribution in [-0.2, 0) is 19.5 Å². The quantitative estimate of drug-likeness (QED) is 0.387. The molecule has 6 nitrogen and oxygen atoms in total. The zero-order valence-electron chi connectivity index (χ0n) is 19.4. The molecule has 5 rings (SSSR count). The summed E-state index contributed by atoms with van der Waals surface area (Å²) in [5.41, 5.74) is 3.39. The van der Waals surface area contributed by atoms with Gasteiger partial charge in [0.25, 0.3) is 5.91 Å². The first kappa shape index (κ1) is 22.5. The van der Waals surface area contributed by atoms with Gasteiger partial charge >= 0.3 is 0 Å². The van der Waals surface area contributed by atoms with E-state index in [0.29, 0.717) is 49.2 Å². The van der Waals surface area contributed by atoms with Crippen molar-refractivity contribution in [3.8, 4) is 11.6 Å². The normalized spacial score (nSPS) is 12.7. The van der Waals surface area contributed by atoms with Crippen molar-refractivity contribution in [1.29, 1.82) is 0 Å². The van der Waals surface area contributed by atoms with Crippen molar-refractivity contribution in [3.63, 3.8) is 0 Å². The Bertz CT molecular complexity index is 1310. The summed E-state index contributed by atoms with van der Waals surface area (Å²) in [5, 5.41) is 0. The molecule has 7 heteroatoms. The van der Waals surface area contributed by atoms with Crippen LogP contribution in [0.3, 0.4) is 0 Å². The van der Waals surface area contributed by atoms with E-state index in [1.807, 2.05) is 60.5 Å². The Morgan fingerprint density at radius 3 is 2.37 bits per heavy atom. The number of halogens is 1. The molecule has 1 aliphatic heterocycles. The molecule has 0 saturated heterocycles. The Morgan fingerprint density at radius 2 is 1.66 bits per heavy atom. The number of fused-ring (bicyclic) bond motifs is 1. The fourth-order valence-corrected chi connectivity index (χ4v) is 4.11. The average molecular weight is 469 g/mol. The maximum absolute atomic E-state index is 13.4. The fraction of sp³-hybridized carbons (Fsp3) is 0.179. The summed E-state index contributed by atoms with van der Waals surface area (Å²) >= 11 is 0. The van der Waals surface area contributed by atoms with Crippen LogP contribution in [0.1, 0.15) is 27.2 Å². The lowest BCUT2D eigenvalue weighted by molar-refractivity contribution is 0.0732. The maximum atomic E-state index is 13.4. The third-order valence-electron chi connectivity index (χ3n) is 5.95. The number of amides is 1. The van der Waals surface area contributed by atoms with Gasteiger partial charge in [0.05, 0.1) is 17.8 Å². The topological polar surface area (TPSA) is 58.6 Å². The van der Waals surface area contributed by atoms with Crippen molar-refractivity contribution in [1.82, 2.24) is 14.9 Å². The molecule has 0 saturated carbocycles. The number of anilines is 1. The predicted molar refractivity (Wildman–Crippen MR) is 132 cm³/mol. The molecule has 0 spiro atoms. The molecule has 0 N–H and O–H groups in total. The van der Waals surface area contributed by atoms with Crippen molar-refractivity contribution in [3.05, 3.63) is 113 Å². The van der Waals surface area contributed by atoms with E-state index in [0.717, 1.165) is 16.8 Å². The number of hydrogen-bond donors (Lipinski definition) is 0. The molecule has 4 aromatic rings. The highest BCUT2D eigenvalue weighted by molar-refractivity contribution is 5.94. The first-order valence-electron chi connectivity index (χ1n) is 11.5. The minimum absolute atomic E-state index is 0.0470. The number of carbonyl (C=O) groups is 1. The van der Waals surface area contributed by atoms with Gasteiger partial charge in [-0.2, -0.15) is 4.98 Å². The van der Waals surface area contributed by atoms with Crippen LogP contribution in [0.2, 0.25) is 0 Å². The Hall–Kier alpha value is -4.26. The molecule has 3 aromatic carbocycles. The van der Waals surface area contributed by atoms with E-state index < -0.39 is 0 Å². The van der Waals surface area contributed by atoms with Gasteiger partial charge in [-0.1, -0.05) is 48.5 Å². The molecule has 1 aromatic heterocycles. The molecule has 0 bridgehead atoms. The molecule has 35 heavy (non-hydrogen) atoms. The molecular formula is C28H25FN4O2. The molecule has 1 amide bonds. The monoisotopic (exact) mass is 468 g/mol. The van der Waals surface area contributed by atoms with E-state index in [1.165, 1.54) is 12.1 Å². The van der Waals surface area contributed by atoms with E-state index in [1.54, 1.807) is 17.0 Å². The third kappa shape index (κ3) is 5.14. The number of carbonyl (C=O) groups excluding carboxylic acids is 1. The van der Waals surface area contributed by atoms with E-state index in [4.69, 9.17) is 14.7 Å². The molecule has 2 heterocycles. The minimum atomic E-state index is -0.343. The number of hydrogen-bond acceptors (Lipinski definition) is 5. The van der Waals surface area contributed by atoms with Crippen molar-refractivity contribution in [2.24, 2.45) is 0 Å². The maximum Gasteiger partial charge on any atom is 0.254 e. The van der Waals surface area contributed by atoms with Gasteiger partial charge < -0.3 is 14.5 Å². The zero-order valence-corrected chi connectivity index (χ0v) is 19.4.